The molecule has 0 aliphatic carbocycles. The molecule has 1 aromatic heterocycles. The summed E-state index contributed by atoms with van der Waals surface area (Å²) in [5.41, 5.74) is 1.19. The van der Waals surface area contributed by atoms with Crippen LogP contribution in [-0.2, 0) is 14.8 Å². The number of imidazole rings is 1. The summed E-state index contributed by atoms with van der Waals surface area (Å²) in [5.74, 6) is -0.204. The van der Waals surface area contributed by atoms with E-state index in [0.29, 0.717) is 15.9 Å². The fraction of sp³-hybridized carbons (Fsp3) is 0.0588. The highest BCUT2D eigenvalue weighted by atomic mass is 35.5. The van der Waals surface area contributed by atoms with Crippen LogP contribution < -0.4 is 10.5 Å². The lowest BCUT2D eigenvalue weighted by Gasteiger charge is -2.09. The Balaban J connectivity index is 1.67. The van der Waals surface area contributed by atoms with Crippen molar-refractivity contribution in [3.05, 3.63) is 65.9 Å². The number of amides is 1. The Morgan fingerprint density at radius 3 is 2.74 bits per heavy atom. The molecule has 3 N–H and O–H groups in total. The third-order valence-corrected chi connectivity index (χ3v) is 5.58. The zero-order chi connectivity index (χ0) is 19.4. The number of nitrogens with zero attached hydrogens (tertiary/aromatic N) is 2. The molecular weight excluding hydrogens is 408 g/mol. The van der Waals surface area contributed by atoms with Gasteiger partial charge < -0.3 is 5.32 Å². The maximum Gasteiger partial charge on any atom is 0.238 e. The van der Waals surface area contributed by atoms with E-state index in [2.05, 4.69) is 10.3 Å². The van der Waals surface area contributed by atoms with E-state index in [4.69, 9.17) is 16.7 Å². The summed E-state index contributed by atoms with van der Waals surface area (Å²) in [6, 6.07) is 13.1. The lowest BCUT2D eigenvalue weighted by Crippen LogP contribution is -2.16. The number of sulfonamides is 1. The quantitative estimate of drug-likeness (QED) is 0.594. The number of thioether (sulfide) groups is 1. The van der Waals surface area contributed by atoms with Crippen molar-refractivity contribution in [2.24, 2.45) is 5.14 Å². The van der Waals surface area contributed by atoms with Crippen molar-refractivity contribution >= 4 is 45.0 Å². The second-order valence-corrected chi connectivity index (χ2v) is 8.41. The van der Waals surface area contributed by atoms with Gasteiger partial charge in [-0.2, -0.15) is 0 Å². The average molecular weight is 423 g/mol. The zero-order valence-corrected chi connectivity index (χ0v) is 16.3. The molecule has 0 saturated heterocycles. The normalized spacial score (nSPS) is 11.3. The standard InChI is InChI=1S/C17H15ClN4O3S2/c18-12-3-1-5-14(9-12)22-8-7-20-17(22)26-11-16(23)21-13-4-2-6-15(10-13)27(19,24)25/h1-10H,11H2,(H,21,23)(H2,19,24,25). The number of anilines is 1. The number of nitrogens with two attached hydrogens (primary N) is 1. The molecule has 0 aliphatic heterocycles. The summed E-state index contributed by atoms with van der Waals surface area (Å²) in [5, 5.41) is 8.98. The Hall–Kier alpha value is -2.33. The van der Waals surface area contributed by atoms with Crippen molar-refractivity contribution in [1.29, 1.82) is 0 Å². The molecule has 27 heavy (non-hydrogen) atoms. The number of benzene rings is 2. The molecule has 140 valence electrons. The van der Waals surface area contributed by atoms with Crippen molar-refractivity contribution in [1.82, 2.24) is 9.55 Å². The van der Waals surface area contributed by atoms with Crippen LogP contribution in [0.15, 0.2) is 71.0 Å². The summed E-state index contributed by atoms with van der Waals surface area (Å²) in [4.78, 5) is 16.4. The fourth-order valence-corrected chi connectivity index (χ4v) is 3.81. The predicted octanol–water partition coefficient (Wildman–Crippen LogP) is 2.90. The molecule has 0 fully saturated rings. The molecule has 0 saturated carbocycles. The van der Waals surface area contributed by atoms with E-state index in [9.17, 15) is 13.2 Å². The minimum atomic E-state index is -3.83. The van der Waals surface area contributed by atoms with E-state index < -0.39 is 10.0 Å². The van der Waals surface area contributed by atoms with Gasteiger partial charge >= 0.3 is 0 Å². The van der Waals surface area contributed by atoms with Gasteiger partial charge in [-0.15, -0.1) is 0 Å². The van der Waals surface area contributed by atoms with E-state index in [0.717, 1.165) is 5.69 Å². The van der Waals surface area contributed by atoms with Crippen molar-refractivity contribution < 1.29 is 13.2 Å². The first-order valence-corrected chi connectivity index (χ1v) is 10.6. The summed E-state index contributed by atoms with van der Waals surface area (Å²) < 4.78 is 24.6. The Bertz CT molecular complexity index is 1080. The minimum absolute atomic E-state index is 0.0653. The van der Waals surface area contributed by atoms with Gasteiger partial charge in [-0.3, -0.25) is 9.36 Å². The van der Waals surface area contributed by atoms with Gasteiger partial charge in [0, 0.05) is 28.8 Å². The van der Waals surface area contributed by atoms with E-state index >= 15 is 0 Å². The monoisotopic (exact) mass is 422 g/mol. The number of carbonyl (C=O) groups excluding carboxylic acids is 1. The number of primary sulfonamides is 1. The van der Waals surface area contributed by atoms with Gasteiger partial charge in [0.25, 0.3) is 0 Å². The zero-order valence-electron chi connectivity index (χ0n) is 13.9. The summed E-state index contributed by atoms with van der Waals surface area (Å²) in [7, 11) is -3.83. The van der Waals surface area contributed by atoms with Crippen LogP contribution in [0.3, 0.4) is 0 Å². The Morgan fingerprint density at radius 1 is 1.22 bits per heavy atom. The molecule has 0 spiro atoms. The van der Waals surface area contributed by atoms with E-state index in [-0.39, 0.29) is 16.6 Å². The lowest BCUT2D eigenvalue weighted by molar-refractivity contribution is -0.113. The van der Waals surface area contributed by atoms with Crippen LogP contribution in [0.4, 0.5) is 5.69 Å². The first kappa shape index (κ1) is 19.4. The van der Waals surface area contributed by atoms with Crippen LogP contribution in [0.1, 0.15) is 0 Å². The van der Waals surface area contributed by atoms with Crippen molar-refractivity contribution in [3.8, 4) is 5.69 Å². The molecule has 0 aliphatic rings. The topological polar surface area (TPSA) is 107 Å². The van der Waals surface area contributed by atoms with E-state index in [1.54, 1.807) is 30.6 Å². The molecular formula is C17H15ClN4O3S2. The van der Waals surface area contributed by atoms with E-state index in [1.807, 2.05) is 16.7 Å². The largest absolute Gasteiger partial charge is 0.325 e. The third-order valence-electron chi connectivity index (χ3n) is 3.47. The molecule has 2 aromatic carbocycles. The van der Waals surface area contributed by atoms with Gasteiger partial charge in [0.05, 0.1) is 10.6 Å². The van der Waals surface area contributed by atoms with Gasteiger partial charge in [-0.25, -0.2) is 18.5 Å². The van der Waals surface area contributed by atoms with Gasteiger partial charge in [-0.05, 0) is 36.4 Å². The second kappa shape index (κ2) is 8.13. The smallest absolute Gasteiger partial charge is 0.238 e. The van der Waals surface area contributed by atoms with Crippen LogP contribution in [0, 0.1) is 0 Å². The highest BCUT2D eigenvalue weighted by molar-refractivity contribution is 7.99. The van der Waals surface area contributed by atoms with Gasteiger partial charge in [-0.1, -0.05) is 35.5 Å². The van der Waals surface area contributed by atoms with Crippen LogP contribution >= 0.6 is 23.4 Å². The van der Waals surface area contributed by atoms with E-state index in [1.165, 1.54) is 30.0 Å². The number of carbonyl (C=O) groups is 1. The van der Waals surface area contributed by atoms with Crippen LogP contribution in [0.5, 0.6) is 0 Å². The maximum atomic E-state index is 12.2. The molecule has 3 rings (SSSR count). The minimum Gasteiger partial charge on any atom is -0.325 e. The fourth-order valence-electron chi connectivity index (χ4n) is 2.30. The average Bonchev–Trinajstić information content (AvgIpc) is 3.08. The van der Waals surface area contributed by atoms with Crippen molar-refractivity contribution in [2.45, 2.75) is 10.1 Å². The molecule has 1 heterocycles. The highest BCUT2D eigenvalue weighted by Gasteiger charge is 2.12. The Kier molecular flexibility index (Phi) is 5.85. The molecule has 7 nitrogen and oxygen atoms in total. The first-order chi connectivity index (χ1) is 12.8. The number of hydrogen-bond donors (Lipinski definition) is 2. The molecule has 3 aromatic rings. The highest BCUT2D eigenvalue weighted by Crippen LogP contribution is 2.23. The molecule has 1 amide bonds. The summed E-state index contributed by atoms with van der Waals surface area (Å²) >= 11 is 7.27. The Labute approximate surface area is 165 Å². The number of halogens is 1. The third kappa shape index (κ3) is 5.10. The SMILES string of the molecule is NS(=O)(=O)c1cccc(NC(=O)CSc2nccn2-c2cccc(Cl)c2)c1. The van der Waals surface area contributed by atoms with Crippen molar-refractivity contribution in [2.75, 3.05) is 11.1 Å². The maximum absolute atomic E-state index is 12.2. The number of nitrogens with one attached hydrogen (secondary N) is 1. The first-order valence-electron chi connectivity index (χ1n) is 7.68. The van der Waals surface area contributed by atoms with Crippen molar-refractivity contribution in [3.63, 3.8) is 0 Å². The van der Waals surface area contributed by atoms with Crippen LogP contribution in [-0.4, -0.2) is 29.6 Å². The molecule has 0 radical (unpaired) electrons. The van der Waals surface area contributed by atoms with Gasteiger partial charge in [0.1, 0.15) is 0 Å². The van der Waals surface area contributed by atoms with Crippen LogP contribution in [0.2, 0.25) is 5.02 Å². The summed E-state index contributed by atoms with van der Waals surface area (Å²) in [6.45, 7) is 0. The molecule has 0 atom stereocenters. The molecule has 0 bridgehead atoms. The summed E-state index contributed by atoms with van der Waals surface area (Å²) in [6.07, 6.45) is 3.41. The molecule has 0 unspecified atom stereocenters. The number of rotatable bonds is 6. The Morgan fingerprint density at radius 2 is 2.00 bits per heavy atom. The van der Waals surface area contributed by atoms with Gasteiger partial charge in [0.15, 0.2) is 5.16 Å². The van der Waals surface area contributed by atoms with Gasteiger partial charge in [0.2, 0.25) is 15.9 Å². The lowest BCUT2D eigenvalue weighted by atomic mass is 10.3. The second-order valence-electron chi connectivity index (χ2n) is 5.47. The number of hydrogen-bond acceptors (Lipinski definition) is 5. The number of aromatic nitrogens is 2. The van der Waals surface area contributed by atoms with Crippen LogP contribution in [0.25, 0.3) is 5.69 Å². The molecule has 10 heteroatoms. The predicted molar refractivity (Wildman–Crippen MR) is 106 cm³/mol.